The van der Waals surface area contributed by atoms with Gasteiger partial charge in [-0.1, -0.05) is 28.1 Å². The van der Waals surface area contributed by atoms with E-state index >= 15 is 0 Å². The third kappa shape index (κ3) is 3.96. The van der Waals surface area contributed by atoms with Crippen molar-refractivity contribution in [1.29, 1.82) is 0 Å². The number of hydrogen-bond acceptors (Lipinski definition) is 2. The molecule has 1 N–H and O–H groups in total. The summed E-state index contributed by atoms with van der Waals surface area (Å²) < 4.78 is 19.6. The molecule has 0 atom stereocenters. The van der Waals surface area contributed by atoms with Crippen LogP contribution in [0.15, 0.2) is 46.9 Å². The molecule has 0 aliphatic carbocycles. The van der Waals surface area contributed by atoms with Gasteiger partial charge in [-0.3, -0.25) is 0 Å². The maximum Gasteiger partial charge on any atom is 0.145 e. The monoisotopic (exact) mass is 323 g/mol. The molecule has 2 aromatic carbocycles. The van der Waals surface area contributed by atoms with Crippen molar-refractivity contribution in [2.75, 3.05) is 11.9 Å². The molecular weight excluding hydrogens is 309 g/mol. The Kier molecular flexibility index (Phi) is 4.80. The molecule has 0 unspecified atom stereocenters. The van der Waals surface area contributed by atoms with Gasteiger partial charge in [-0.25, -0.2) is 4.39 Å². The Morgan fingerprint density at radius 2 is 2.05 bits per heavy atom. The molecule has 100 valence electrons. The molecule has 0 saturated heterocycles. The minimum absolute atomic E-state index is 0.295. The smallest absolute Gasteiger partial charge is 0.145 e. The summed E-state index contributed by atoms with van der Waals surface area (Å²) in [6.45, 7) is 3.04. The van der Waals surface area contributed by atoms with Crippen LogP contribution in [0.5, 0.6) is 5.75 Å². The van der Waals surface area contributed by atoms with Crippen molar-refractivity contribution in [1.82, 2.24) is 0 Å². The summed E-state index contributed by atoms with van der Waals surface area (Å²) in [4.78, 5) is 0. The summed E-state index contributed by atoms with van der Waals surface area (Å²) in [5, 5.41) is 3.26. The lowest BCUT2D eigenvalue weighted by Crippen LogP contribution is -2.03. The fraction of sp³-hybridized carbons (Fsp3) is 0.200. The zero-order valence-electron chi connectivity index (χ0n) is 10.6. The Morgan fingerprint density at radius 1 is 1.21 bits per heavy atom. The van der Waals surface area contributed by atoms with Crippen LogP contribution in [0.3, 0.4) is 0 Å². The first-order valence-corrected chi connectivity index (χ1v) is 6.89. The molecule has 0 fully saturated rings. The molecule has 0 bridgehead atoms. The van der Waals surface area contributed by atoms with Gasteiger partial charge in [0.05, 0.1) is 12.3 Å². The largest absolute Gasteiger partial charge is 0.492 e. The maximum absolute atomic E-state index is 13.2. The van der Waals surface area contributed by atoms with E-state index in [1.807, 2.05) is 31.2 Å². The molecule has 0 aliphatic rings. The molecular formula is C15H15BrFNO. The lowest BCUT2D eigenvalue weighted by molar-refractivity contribution is 0.340. The lowest BCUT2D eigenvalue weighted by Gasteiger charge is -2.12. The van der Waals surface area contributed by atoms with Crippen LogP contribution in [-0.4, -0.2) is 6.61 Å². The SMILES string of the molecule is CCOc1cc(F)ccc1NCc1cccc(Br)c1. The number of benzene rings is 2. The average Bonchev–Trinajstić information content (AvgIpc) is 2.38. The third-order valence-electron chi connectivity index (χ3n) is 2.62. The second kappa shape index (κ2) is 6.57. The zero-order valence-corrected chi connectivity index (χ0v) is 12.2. The highest BCUT2D eigenvalue weighted by atomic mass is 79.9. The Morgan fingerprint density at radius 3 is 2.79 bits per heavy atom. The fourth-order valence-corrected chi connectivity index (χ4v) is 2.21. The molecule has 0 aliphatic heterocycles. The van der Waals surface area contributed by atoms with E-state index in [2.05, 4.69) is 21.2 Å². The van der Waals surface area contributed by atoms with Crippen molar-refractivity contribution in [3.05, 3.63) is 58.3 Å². The second-order valence-electron chi connectivity index (χ2n) is 4.06. The molecule has 0 radical (unpaired) electrons. The van der Waals surface area contributed by atoms with E-state index in [9.17, 15) is 4.39 Å². The van der Waals surface area contributed by atoms with Gasteiger partial charge in [0.15, 0.2) is 0 Å². The summed E-state index contributed by atoms with van der Waals surface area (Å²) in [5.41, 5.74) is 1.93. The average molecular weight is 324 g/mol. The Hall–Kier alpha value is -1.55. The number of halogens is 2. The summed E-state index contributed by atoms with van der Waals surface area (Å²) in [5.74, 6) is 0.244. The van der Waals surface area contributed by atoms with E-state index in [0.717, 1.165) is 15.7 Å². The van der Waals surface area contributed by atoms with E-state index in [1.54, 1.807) is 6.07 Å². The van der Waals surface area contributed by atoms with E-state index < -0.39 is 0 Å². The van der Waals surface area contributed by atoms with Crippen LogP contribution in [0.2, 0.25) is 0 Å². The summed E-state index contributed by atoms with van der Waals surface area (Å²) in [6, 6.07) is 12.5. The minimum atomic E-state index is -0.295. The van der Waals surface area contributed by atoms with Crippen molar-refractivity contribution < 1.29 is 9.13 Å². The number of ether oxygens (including phenoxy) is 1. The highest BCUT2D eigenvalue weighted by Crippen LogP contribution is 2.26. The number of nitrogens with one attached hydrogen (secondary N) is 1. The van der Waals surface area contributed by atoms with Gasteiger partial charge in [0, 0.05) is 17.1 Å². The van der Waals surface area contributed by atoms with Crippen LogP contribution in [0, 0.1) is 5.82 Å². The predicted molar refractivity (Wildman–Crippen MR) is 79.0 cm³/mol. The third-order valence-corrected chi connectivity index (χ3v) is 3.11. The van der Waals surface area contributed by atoms with Gasteiger partial charge in [0.1, 0.15) is 11.6 Å². The summed E-state index contributed by atoms with van der Waals surface area (Å²) >= 11 is 3.44. The first-order chi connectivity index (χ1) is 9.19. The molecule has 0 spiro atoms. The Bertz CT molecular complexity index is 560. The fourth-order valence-electron chi connectivity index (χ4n) is 1.76. The van der Waals surface area contributed by atoms with Crippen molar-refractivity contribution in [2.45, 2.75) is 13.5 Å². The molecule has 2 nitrogen and oxygen atoms in total. The molecule has 0 amide bonds. The molecule has 2 rings (SSSR count). The predicted octanol–water partition coefficient (Wildman–Crippen LogP) is 4.60. The van der Waals surface area contributed by atoms with Crippen molar-refractivity contribution in [3.63, 3.8) is 0 Å². The second-order valence-corrected chi connectivity index (χ2v) is 4.97. The first kappa shape index (κ1) is 13.9. The normalized spacial score (nSPS) is 10.3. The Labute approximate surface area is 120 Å². The molecule has 4 heteroatoms. The van der Waals surface area contributed by atoms with Gasteiger partial charge in [0.2, 0.25) is 0 Å². The van der Waals surface area contributed by atoms with Gasteiger partial charge in [-0.2, -0.15) is 0 Å². The lowest BCUT2D eigenvalue weighted by atomic mass is 10.2. The van der Waals surface area contributed by atoms with Crippen LogP contribution in [0.25, 0.3) is 0 Å². The van der Waals surface area contributed by atoms with Gasteiger partial charge in [-0.15, -0.1) is 0 Å². The van der Waals surface area contributed by atoms with E-state index in [-0.39, 0.29) is 5.82 Å². The summed E-state index contributed by atoms with van der Waals surface area (Å²) in [7, 11) is 0. The van der Waals surface area contributed by atoms with Gasteiger partial charge in [0.25, 0.3) is 0 Å². The van der Waals surface area contributed by atoms with Crippen molar-refractivity contribution in [2.24, 2.45) is 0 Å². The quantitative estimate of drug-likeness (QED) is 0.868. The maximum atomic E-state index is 13.2. The summed E-state index contributed by atoms with van der Waals surface area (Å²) in [6.07, 6.45) is 0. The van der Waals surface area contributed by atoms with E-state index in [1.165, 1.54) is 12.1 Å². The van der Waals surface area contributed by atoms with Crippen LogP contribution in [0.4, 0.5) is 10.1 Å². The van der Waals surface area contributed by atoms with Crippen LogP contribution in [0.1, 0.15) is 12.5 Å². The van der Waals surface area contributed by atoms with Crippen molar-refractivity contribution in [3.8, 4) is 5.75 Å². The highest BCUT2D eigenvalue weighted by Gasteiger charge is 2.05. The highest BCUT2D eigenvalue weighted by molar-refractivity contribution is 9.10. The van der Waals surface area contributed by atoms with Gasteiger partial charge in [-0.05, 0) is 36.8 Å². The molecule has 0 heterocycles. The molecule has 2 aromatic rings. The molecule has 0 saturated carbocycles. The Balaban J connectivity index is 2.10. The zero-order chi connectivity index (χ0) is 13.7. The van der Waals surface area contributed by atoms with Crippen LogP contribution >= 0.6 is 15.9 Å². The molecule has 0 aromatic heterocycles. The number of anilines is 1. The molecule has 19 heavy (non-hydrogen) atoms. The van der Waals surface area contributed by atoms with E-state index in [0.29, 0.717) is 18.9 Å². The number of hydrogen-bond donors (Lipinski definition) is 1. The van der Waals surface area contributed by atoms with Crippen LogP contribution < -0.4 is 10.1 Å². The van der Waals surface area contributed by atoms with Crippen molar-refractivity contribution >= 4 is 21.6 Å². The van der Waals surface area contributed by atoms with Gasteiger partial charge >= 0.3 is 0 Å². The first-order valence-electron chi connectivity index (χ1n) is 6.09. The van der Waals surface area contributed by atoms with Crippen LogP contribution in [-0.2, 0) is 6.54 Å². The standard InChI is InChI=1S/C15H15BrFNO/c1-2-19-15-9-13(17)6-7-14(15)18-10-11-4-3-5-12(16)8-11/h3-9,18H,2,10H2,1H3. The van der Waals surface area contributed by atoms with E-state index in [4.69, 9.17) is 4.74 Å². The minimum Gasteiger partial charge on any atom is -0.492 e. The topological polar surface area (TPSA) is 21.3 Å². The van der Waals surface area contributed by atoms with Gasteiger partial charge < -0.3 is 10.1 Å². The number of rotatable bonds is 5.